The van der Waals surface area contributed by atoms with Gasteiger partial charge in [-0.1, -0.05) is 13.0 Å². The number of nitrogens with one attached hydrogen (secondary N) is 1. The lowest BCUT2D eigenvalue weighted by molar-refractivity contribution is 0.579. The number of nitrogens with zero attached hydrogens (tertiary/aromatic N) is 1. The van der Waals surface area contributed by atoms with Crippen molar-refractivity contribution in [3.05, 3.63) is 53.6 Å². The molecule has 2 aromatic rings. The highest BCUT2D eigenvalue weighted by Crippen LogP contribution is 2.19. The van der Waals surface area contributed by atoms with Crippen molar-refractivity contribution < 1.29 is 12.8 Å². The molecule has 1 heterocycles. The van der Waals surface area contributed by atoms with E-state index in [9.17, 15) is 12.8 Å². The minimum atomic E-state index is -3.81. The van der Waals surface area contributed by atoms with Crippen LogP contribution in [0, 0.1) is 5.82 Å². The Kier molecular flexibility index (Phi) is 4.54. The molecule has 0 aliphatic carbocycles. The molecule has 0 amide bonds. The molecular formula is C14H16FN3O2S. The van der Waals surface area contributed by atoms with Gasteiger partial charge in [0.1, 0.15) is 10.7 Å². The third kappa shape index (κ3) is 3.56. The standard InChI is InChI=1S/C14H16FN3O2S/c1-2-10-4-3-7-17-13(10)9-18-21(19,20)14-6-5-11(15)8-12(14)16/h3-8,18H,2,9,16H2,1H3. The number of nitrogens with two attached hydrogens (primary N) is 1. The zero-order valence-corrected chi connectivity index (χ0v) is 12.3. The van der Waals surface area contributed by atoms with Crippen LogP contribution in [-0.2, 0) is 23.0 Å². The number of aromatic nitrogens is 1. The molecule has 1 aromatic heterocycles. The Hall–Kier alpha value is -1.99. The molecule has 1 aromatic carbocycles. The number of anilines is 1. The Balaban J connectivity index is 2.22. The molecule has 0 spiro atoms. The highest BCUT2D eigenvalue weighted by Gasteiger charge is 2.18. The monoisotopic (exact) mass is 309 g/mol. The van der Waals surface area contributed by atoms with Crippen LogP contribution in [0.1, 0.15) is 18.2 Å². The van der Waals surface area contributed by atoms with Gasteiger partial charge in [0.05, 0.1) is 17.9 Å². The van der Waals surface area contributed by atoms with E-state index < -0.39 is 15.8 Å². The number of sulfonamides is 1. The van der Waals surface area contributed by atoms with Crippen LogP contribution in [-0.4, -0.2) is 13.4 Å². The van der Waals surface area contributed by atoms with Crippen LogP contribution in [0.3, 0.4) is 0 Å². The zero-order valence-electron chi connectivity index (χ0n) is 11.5. The average molecular weight is 309 g/mol. The largest absolute Gasteiger partial charge is 0.398 e. The first-order valence-electron chi connectivity index (χ1n) is 6.41. The van der Waals surface area contributed by atoms with Crippen molar-refractivity contribution >= 4 is 15.7 Å². The van der Waals surface area contributed by atoms with E-state index in [4.69, 9.17) is 5.73 Å². The molecule has 21 heavy (non-hydrogen) atoms. The number of nitrogen functional groups attached to an aromatic ring is 1. The molecule has 0 unspecified atom stereocenters. The summed E-state index contributed by atoms with van der Waals surface area (Å²) >= 11 is 0. The van der Waals surface area contributed by atoms with Gasteiger partial charge in [-0.2, -0.15) is 0 Å². The molecule has 3 N–H and O–H groups in total. The van der Waals surface area contributed by atoms with Crippen molar-refractivity contribution in [2.24, 2.45) is 0 Å². The van der Waals surface area contributed by atoms with Crippen LogP contribution in [0.25, 0.3) is 0 Å². The first kappa shape index (κ1) is 15.4. The van der Waals surface area contributed by atoms with Crippen molar-refractivity contribution in [2.45, 2.75) is 24.8 Å². The Morgan fingerprint density at radius 1 is 1.33 bits per heavy atom. The molecule has 112 valence electrons. The van der Waals surface area contributed by atoms with Crippen LogP contribution in [0.5, 0.6) is 0 Å². The Bertz CT molecular complexity index is 748. The van der Waals surface area contributed by atoms with Gasteiger partial charge in [0.2, 0.25) is 10.0 Å². The van der Waals surface area contributed by atoms with Crippen LogP contribution < -0.4 is 10.5 Å². The number of halogens is 1. The van der Waals surface area contributed by atoms with Gasteiger partial charge in [-0.05, 0) is 36.2 Å². The van der Waals surface area contributed by atoms with E-state index in [-0.39, 0.29) is 17.1 Å². The van der Waals surface area contributed by atoms with Crippen molar-refractivity contribution in [3.8, 4) is 0 Å². The number of hydrogen-bond acceptors (Lipinski definition) is 4. The normalized spacial score (nSPS) is 11.5. The van der Waals surface area contributed by atoms with Gasteiger partial charge < -0.3 is 5.73 Å². The van der Waals surface area contributed by atoms with Gasteiger partial charge in [0, 0.05) is 6.20 Å². The minimum absolute atomic E-state index is 0.0587. The van der Waals surface area contributed by atoms with Crippen molar-refractivity contribution in [3.63, 3.8) is 0 Å². The molecule has 0 atom stereocenters. The minimum Gasteiger partial charge on any atom is -0.398 e. The fourth-order valence-corrected chi connectivity index (χ4v) is 3.06. The highest BCUT2D eigenvalue weighted by atomic mass is 32.2. The van der Waals surface area contributed by atoms with E-state index in [1.165, 1.54) is 0 Å². The maximum Gasteiger partial charge on any atom is 0.242 e. The van der Waals surface area contributed by atoms with E-state index in [1.807, 2.05) is 13.0 Å². The van der Waals surface area contributed by atoms with Crippen molar-refractivity contribution in [1.82, 2.24) is 9.71 Å². The number of rotatable bonds is 5. The summed E-state index contributed by atoms with van der Waals surface area (Å²) in [6.45, 7) is 2.02. The van der Waals surface area contributed by atoms with E-state index in [1.54, 1.807) is 12.3 Å². The topological polar surface area (TPSA) is 85.1 Å². The zero-order chi connectivity index (χ0) is 15.5. The van der Waals surface area contributed by atoms with Gasteiger partial charge in [-0.3, -0.25) is 4.98 Å². The first-order valence-corrected chi connectivity index (χ1v) is 7.90. The van der Waals surface area contributed by atoms with E-state index in [2.05, 4.69) is 9.71 Å². The fraction of sp³-hybridized carbons (Fsp3) is 0.214. The molecule has 0 bridgehead atoms. The summed E-state index contributed by atoms with van der Waals surface area (Å²) < 4.78 is 39.8. The first-order chi connectivity index (χ1) is 9.94. The van der Waals surface area contributed by atoms with Crippen LogP contribution >= 0.6 is 0 Å². The molecule has 0 fully saturated rings. The van der Waals surface area contributed by atoms with Crippen LogP contribution in [0.15, 0.2) is 41.4 Å². The molecule has 0 saturated carbocycles. The lowest BCUT2D eigenvalue weighted by Gasteiger charge is -2.10. The summed E-state index contributed by atoms with van der Waals surface area (Å²) in [7, 11) is -3.81. The summed E-state index contributed by atoms with van der Waals surface area (Å²) in [6, 6.07) is 6.87. The second kappa shape index (κ2) is 6.19. The summed E-state index contributed by atoms with van der Waals surface area (Å²) in [5, 5.41) is 0. The molecule has 0 saturated heterocycles. The molecule has 0 aliphatic rings. The molecule has 5 nitrogen and oxygen atoms in total. The maximum absolute atomic E-state index is 13.0. The summed E-state index contributed by atoms with van der Waals surface area (Å²) in [6.07, 6.45) is 2.36. The van der Waals surface area contributed by atoms with Gasteiger partial charge in [-0.15, -0.1) is 0 Å². The molecule has 0 radical (unpaired) electrons. The maximum atomic E-state index is 13.0. The SMILES string of the molecule is CCc1cccnc1CNS(=O)(=O)c1ccc(F)cc1N. The average Bonchev–Trinajstić information content (AvgIpc) is 2.45. The Morgan fingerprint density at radius 3 is 2.76 bits per heavy atom. The predicted octanol–water partition coefficient (Wildman–Crippen LogP) is 1.84. The van der Waals surface area contributed by atoms with E-state index >= 15 is 0 Å². The van der Waals surface area contributed by atoms with Gasteiger partial charge in [-0.25, -0.2) is 17.5 Å². The number of hydrogen-bond donors (Lipinski definition) is 2. The quantitative estimate of drug-likeness (QED) is 0.825. The van der Waals surface area contributed by atoms with Gasteiger partial charge in [0.25, 0.3) is 0 Å². The predicted molar refractivity (Wildman–Crippen MR) is 78.5 cm³/mol. The summed E-state index contributed by atoms with van der Waals surface area (Å²) in [4.78, 5) is 4.02. The summed E-state index contributed by atoms with van der Waals surface area (Å²) in [5.41, 5.74) is 7.05. The second-order valence-corrected chi connectivity index (χ2v) is 6.20. The number of benzene rings is 1. The van der Waals surface area contributed by atoms with E-state index in [0.29, 0.717) is 5.69 Å². The fourth-order valence-electron chi connectivity index (χ4n) is 1.96. The number of pyridine rings is 1. The van der Waals surface area contributed by atoms with Gasteiger partial charge in [0.15, 0.2) is 0 Å². The third-order valence-corrected chi connectivity index (χ3v) is 4.53. The molecule has 7 heteroatoms. The Morgan fingerprint density at radius 2 is 2.10 bits per heavy atom. The van der Waals surface area contributed by atoms with Crippen molar-refractivity contribution in [1.29, 1.82) is 0 Å². The summed E-state index contributed by atoms with van der Waals surface area (Å²) in [5.74, 6) is -0.579. The Labute approximate surface area is 123 Å². The molecular weight excluding hydrogens is 293 g/mol. The van der Waals surface area contributed by atoms with E-state index in [0.717, 1.165) is 30.2 Å². The second-order valence-electron chi connectivity index (χ2n) is 4.47. The molecule has 2 rings (SSSR count). The lowest BCUT2D eigenvalue weighted by atomic mass is 10.1. The van der Waals surface area contributed by atoms with Crippen molar-refractivity contribution in [2.75, 3.05) is 5.73 Å². The third-order valence-electron chi connectivity index (χ3n) is 3.06. The lowest BCUT2D eigenvalue weighted by Crippen LogP contribution is -2.25. The highest BCUT2D eigenvalue weighted by molar-refractivity contribution is 7.89. The van der Waals surface area contributed by atoms with Crippen LogP contribution in [0.4, 0.5) is 10.1 Å². The molecule has 0 aliphatic heterocycles. The number of aryl methyl sites for hydroxylation is 1. The smallest absolute Gasteiger partial charge is 0.242 e. The van der Waals surface area contributed by atoms with Crippen LogP contribution in [0.2, 0.25) is 0 Å². The van der Waals surface area contributed by atoms with Gasteiger partial charge >= 0.3 is 0 Å².